The molecule has 5 atom stereocenters. The molecule has 0 bridgehead atoms. The lowest BCUT2D eigenvalue weighted by Crippen LogP contribution is -2.38. The molecule has 12 nitrogen and oxygen atoms in total. The average molecular weight is 430 g/mol. The van der Waals surface area contributed by atoms with E-state index in [1.165, 1.54) is 0 Å². The van der Waals surface area contributed by atoms with Gasteiger partial charge < -0.3 is 36.1 Å². The number of H-pyrrole nitrogens is 1. The minimum absolute atomic E-state index is 0.261. The Balaban J connectivity index is 1.34. The number of esters is 1. The van der Waals surface area contributed by atoms with Crippen molar-refractivity contribution < 1.29 is 29.3 Å². The van der Waals surface area contributed by atoms with Crippen LogP contribution in [0.3, 0.4) is 0 Å². The first-order chi connectivity index (χ1) is 14.8. The maximum absolute atomic E-state index is 12.3. The summed E-state index contributed by atoms with van der Waals surface area (Å²) in [6.45, 7) is -0.327. The van der Waals surface area contributed by atoms with Gasteiger partial charge >= 0.3 is 5.97 Å². The molecule has 0 unspecified atom stereocenters. The van der Waals surface area contributed by atoms with Crippen LogP contribution in [0.5, 0.6) is 0 Å². The molecule has 1 aromatic carbocycles. The number of benzene rings is 1. The second kappa shape index (κ2) is 8.43. The van der Waals surface area contributed by atoms with Crippen molar-refractivity contribution in [2.24, 2.45) is 11.5 Å². The monoisotopic (exact) mass is 430 g/mol. The number of aliphatic hydroxyl groups excluding tert-OH is 2. The van der Waals surface area contributed by atoms with Crippen LogP contribution in [0, 0.1) is 0 Å². The van der Waals surface area contributed by atoms with Crippen LogP contribution in [-0.2, 0) is 20.7 Å². The fourth-order valence-electron chi connectivity index (χ4n) is 3.49. The molecule has 31 heavy (non-hydrogen) atoms. The summed E-state index contributed by atoms with van der Waals surface area (Å²) in [5.41, 5.74) is 12.9. The SMILES string of the molecule is NC(=O)c1ncn([C@@H]2O[C@H](COC(=O)[C@@H](N)Cc3c[nH]c4ccccc34)[C@@H](O)[C@H]2O)n1. The number of aliphatic hydroxyl groups is 2. The van der Waals surface area contributed by atoms with Gasteiger partial charge in [-0.3, -0.25) is 9.59 Å². The number of aromatic nitrogens is 4. The predicted octanol–water partition coefficient (Wildman–Crippen LogP) is -1.41. The van der Waals surface area contributed by atoms with Gasteiger partial charge in [0.2, 0.25) is 5.82 Å². The van der Waals surface area contributed by atoms with Crippen molar-refractivity contribution in [1.29, 1.82) is 0 Å². The number of nitrogens with one attached hydrogen (secondary N) is 1. The number of ether oxygens (including phenoxy) is 2. The van der Waals surface area contributed by atoms with E-state index in [4.69, 9.17) is 20.9 Å². The Labute approximate surface area is 175 Å². The lowest BCUT2D eigenvalue weighted by atomic mass is 10.1. The number of amides is 1. The molecule has 1 fully saturated rings. The molecular formula is C19H22N6O6. The minimum atomic E-state index is -1.38. The number of fused-ring (bicyclic) bond motifs is 1. The number of aromatic amines is 1. The number of nitrogens with two attached hydrogens (primary N) is 2. The molecule has 164 valence electrons. The largest absolute Gasteiger partial charge is 0.462 e. The molecule has 7 N–H and O–H groups in total. The molecule has 1 aliphatic heterocycles. The van der Waals surface area contributed by atoms with E-state index in [9.17, 15) is 19.8 Å². The van der Waals surface area contributed by atoms with Crippen LogP contribution in [0.2, 0.25) is 0 Å². The summed E-state index contributed by atoms with van der Waals surface area (Å²) in [7, 11) is 0. The van der Waals surface area contributed by atoms with Crippen LogP contribution >= 0.6 is 0 Å². The Morgan fingerprint density at radius 1 is 1.29 bits per heavy atom. The molecule has 2 aromatic heterocycles. The van der Waals surface area contributed by atoms with Gasteiger partial charge in [0.05, 0.1) is 0 Å². The van der Waals surface area contributed by atoms with Crippen LogP contribution in [0.25, 0.3) is 10.9 Å². The average Bonchev–Trinajstić information content (AvgIpc) is 3.46. The van der Waals surface area contributed by atoms with Crippen molar-refractivity contribution >= 4 is 22.8 Å². The first kappa shape index (κ1) is 20.9. The van der Waals surface area contributed by atoms with Crippen LogP contribution < -0.4 is 11.5 Å². The highest BCUT2D eigenvalue weighted by Crippen LogP contribution is 2.29. The second-order valence-corrected chi connectivity index (χ2v) is 7.26. The summed E-state index contributed by atoms with van der Waals surface area (Å²) in [6, 6.07) is 6.72. The van der Waals surface area contributed by atoms with Crippen LogP contribution in [0.15, 0.2) is 36.8 Å². The summed E-state index contributed by atoms with van der Waals surface area (Å²) >= 11 is 0. The highest BCUT2D eigenvalue weighted by atomic mass is 16.6. The Morgan fingerprint density at radius 2 is 2.06 bits per heavy atom. The summed E-state index contributed by atoms with van der Waals surface area (Å²) in [5.74, 6) is -1.78. The van der Waals surface area contributed by atoms with Gasteiger partial charge in [0.15, 0.2) is 6.23 Å². The highest BCUT2D eigenvalue weighted by Gasteiger charge is 2.45. The zero-order chi connectivity index (χ0) is 22.1. The van der Waals surface area contributed by atoms with Crippen molar-refractivity contribution in [3.63, 3.8) is 0 Å². The molecule has 12 heteroatoms. The third-order valence-electron chi connectivity index (χ3n) is 5.13. The van der Waals surface area contributed by atoms with Gasteiger partial charge in [-0.25, -0.2) is 9.67 Å². The smallest absolute Gasteiger partial charge is 0.323 e. The third kappa shape index (κ3) is 4.14. The summed E-state index contributed by atoms with van der Waals surface area (Å²) in [5, 5.41) is 25.2. The first-order valence-corrected chi connectivity index (χ1v) is 9.55. The van der Waals surface area contributed by atoms with E-state index >= 15 is 0 Å². The Kier molecular flexibility index (Phi) is 5.69. The first-order valence-electron chi connectivity index (χ1n) is 9.55. The fourth-order valence-corrected chi connectivity index (χ4v) is 3.49. The van der Waals surface area contributed by atoms with Crippen molar-refractivity contribution in [2.45, 2.75) is 37.0 Å². The zero-order valence-electron chi connectivity index (χ0n) is 16.3. The van der Waals surface area contributed by atoms with E-state index in [2.05, 4.69) is 15.1 Å². The molecule has 1 saturated heterocycles. The third-order valence-corrected chi connectivity index (χ3v) is 5.13. The van der Waals surface area contributed by atoms with Crippen LogP contribution in [-0.4, -0.2) is 72.8 Å². The number of carbonyl (C=O) groups excluding carboxylic acids is 2. The molecule has 4 rings (SSSR count). The van der Waals surface area contributed by atoms with Gasteiger partial charge in [-0.05, 0) is 11.6 Å². The van der Waals surface area contributed by atoms with E-state index < -0.39 is 42.5 Å². The van der Waals surface area contributed by atoms with E-state index in [1.807, 2.05) is 24.3 Å². The number of para-hydroxylation sites is 1. The van der Waals surface area contributed by atoms with Gasteiger partial charge in [0.25, 0.3) is 5.91 Å². The maximum atomic E-state index is 12.3. The normalized spacial score (nSPS) is 24.4. The van der Waals surface area contributed by atoms with Crippen LogP contribution in [0.1, 0.15) is 22.4 Å². The fraction of sp³-hybridized carbons (Fsp3) is 0.368. The van der Waals surface area contributed by atoms with Crippen molar-refractivity contribution in [2.75, 3.05) is 6.61 Å². The molecule has 1 amide bonds. The summed E-state index contributed by atoms with van der Waals surface area (Å²) in [6.07, 6.45) is -1.69. The molecule has 1 aliphatic rings. The zero-order valence-corrected chi connectivity index (χ0v) is 16.3. The lowest BCUT2D eigenvalue weighted by molar-refractivity contribution is -0.151. The number of hydrogen-bond acceptors (Lipinski definition) is 9. The molecule has 3 heterocycles. The quantitative estimate of drug-likeness (QED) is 0.280. The summed E-state index contributed by atoms with van der Waals surface area (Å²) in [4.78, 5) is 30.3. The molecule has 0 spiro atoms. The Hall–Kier alpha value is -3.32. The number of hydrogen-bond donors (Lipinski definition) is 5. The number of carbonyl (C=O) groups is 2. The van der Waals surface area contributed by atoms with Gasteiger partial charge in [-0.1, -0.05) is 18.2 Å². The molecule has 3 aromatic rings. The molecule has 0 radical (unpaired) electrons. The van der Waals surface area contributed by atoms with E-state index in [1.54, 1.807) is 6.20 Å². The lowest BCUT2D eigenvalue weighted by Gasteiger charge is -2.16. The van der Waals surface area contributed by atoms with Gasteiger partial charge in [-0.2, -0.15) is 0 Å². The Morgan fingerprint density at radius 3 is 2.81 bits per heavy atom. The minimum Gasteiger partial charge on any atom is -0.462 e. The van der Waals surface area contributed by atoms with Crippen molar-refractivity contribution in [1.82, 2.24) is 19.7 Å². The van der Waals surface area contributed by atoms with E-state index in [0.717, 1.165) is 27.5 Å². The number of rotatable bonds is 7. The van der Waals surface area contributed by atoms with Crippen molar-refractivity contribution in [3.8, 4) is 0 Å². The molecule has 0 saturated carbocycles. The predicted molar refractivity (Wildman–Crippen MR) is 105 cm³/mol. The number of nitrogens with zero attached hydrogens (tertiary/aromatic N) is 3. The second-order valence-electron chi connectivity index (χ2n) is 7.26. The number of primary amides is 1. The highest BCUT2D eigenvalue weighted by molar-refractivity contribution is 5.88. The van der Waals surface area contributed by atoms with E-state index in [-0.39, 0.29) is 18.9 Å². The van der Waals surface area contributed by atoms with Gasteiger partial charge in [0.1, 0.15) is 37.3 Å². The van der Waals surface area contributed by atoms with Crippen LogP contribution in [0.4, 0.5) is 0 Å². The standard InChI is InChI=1S/C19H22N6O6/c20-11(5-9-6-22-12-4-2-1-3-10(9)12)19(29)30-7-13-14(26)15(27)18(31-13)25-8-23-17(24-25)16(21)28/h1-4,6,8,11,13-15,18,22,26-27H,5,7,20H2,(H2,21,28)/t11-,13+,14+,15+,18+/m0/s1. The van der Waals surface area contributed by atoms with Gasteiger partial charge in [-0.15, -0.1) is 5.10 Å². The Bertz CT molecular complexity index is 1100. The molecule has 0 aliphatic carbocycles. The maximum Gasteiger partial charge on any atom is 0.323 e. The summed E-state index contributed by atoms with van der Waals surface area (Å²) < 4.78 is 11.8. The van der Waals surface area contributed by atoms with Gasteiger partial charge in [0, 0.05) is 23.5 Å². The topological polar surface area (TPSA) is 192 Å². The molecular weight excluding hydrogens is 408 g/mol. The van der Waals surface area contributed by atoms with Crippen molar-refractivity contribution in [3.05, 3.63) is 48.2 Å². The van der Waals surface area contributed by atoms with E-state index in [0.29, 0.717) is 0 Å².